The summed E-state index contributed by atoms with van der Waals surface area (Å²) < 4.78 is 0. The number of benzene rings is 1. The minimum atomic E-state index is -1.35. The molecule has 5 nitrogen and oxygen atoms in total. The topological polar surface area (TPSA) is 80.3 Å². The number of hydrogen-bond donors (Lipinski definition) is 1. The fraction of sp³-hybridized carbons (Fsp3) is 0.176. The summed E-state index contributed by atoms with van der Waals surface area (Å²) in [6.45, 7) is 3.09. The maximum absolute atomic E-state index is 12.7. The van der Waals surface area contributed by atoms with E-state index in [9.17, 15) is 19.2 Å². The molecule has 0 bridgehead atoms. The van der Waals surface area contributed by atoms with Gasteiger partial charge in [-0.2, -0.15) is 0 Å². The van der Waals surface area contributed by atoms with Crippen LogP contribution in [0.3, 0.4) is 0 Å². The van der Waals surface area contributed by atoms with Crippen LogP contribution in [0.4, 0.5) is 5.69 Å². The number of nitrogens with one attached hydrogen (secondary N) is 1. The van der Waals surface area contributed by atoms with E-state index in [1.165, 1.54) is 24.3 Å². The summed E-state index contributed by atoms with van der Waals surface area (Å²) >= 11 is 1.22. The Hall–Kier alpha value is -2.60. The Morgan fingerprint density at radius 3 is 2.48 bits per heavy atom. The maximum Gasteiger partial charge on any atom is 0.221 e. The number of carbonyl (C=O) groups is 4. The van der Waals surface area contributed by atoms with Crippen molar-refractivity contribution in [1.82, 2.24) is 0 Å². The van der Waals surface area contributed by atoms with Gasteiger partial charge in [0.25, 0.3) is 0 Å². The van der Waals surface area contributed by atoms with Crippen molar-refractivity contribution in [2.45, 2.75) is 13.8 Å². The molecule has 1 unspecified atom stereocenters. The van der Waals surface area contributed by atoms with Gasteiger partial charge in [0.1, 0.15) is 5.92 Å². The fourth-order valence-electron chi connectivity index (χ4n) is 2.73. The molecule has 1 N–H and O–H groups in total. The van der Waals surface area contributed by atoms with E-state index in [0.717, 1.165) is 5.56 Å². The molecule has 116 valence electrons. The molecule has 1 atom stereocenters. The van der Waals surface area contributed by atoms with E-state index in [-0.39, 0.29) is 22.7 Å². The van der Waals surface area contributed by atoms with Gasteiger partial charge in [-0.3, -0.25) is 19.2 Å². The van der Waals surface area contributed by atoms with E-state index in [2.05, 4.69) is 5.32 Å². The van der Waals surface area contributed by atoms with Crippen LogP contribution >= 0.6 is 11.3 Å². The van der Waals surface area contributed by atoms with Crippen molar-refractivity contribution in [2.75, 3.05) is 5.32 Å². The Morgan fingerprint density at radius 2 is 1.87 bits per heavy atom. The van der Waals surface area contributed by atoms with Crippen molar-refractivity contribution in [3.05, 3.63) is 51.2 Å². The molecule has 1 aromatic carbocycles. The fourth-order valence-corrected chi connectivity index (χ4v) is 3.63. The first-order valence-corrected chi connectivity index (χ1v) is 7.87. The molecule has 0 saturated carbocycles. The highest BCUT2D eigenvalue weighted by atomic mass is 32.1. The average molecular weight is 327 g/mol. The molecule has 0 fully saturated rings. The molecule has 3 rings (SSSR count). The quantitative estimate of drug-likeness (QED) is 0.694. The van der Waals surface area contributed by atoms with E-state index in [4.69, 9.17) is 0 Å². The Labute approximate surface area is 136 Å². The highest BCUT2D eigenvalue weighted by Gasteiger charge is 2.45. The van der Waals surface area contributed by atoms with Crippen molar-refractivity contribution >= 4 is 40.3 Å². The second-order valence-electron chi connectivity index (χ2n) is 5.37. The van der Waals surface area contributed by atoms with Gasteiger partial charge in [-0.1, -0.05) is 12.1 Å². The summed E-state index contributed by atoms with van der Waals surface area (Å²) in [6, 6.07) is 6.42. The number of Topliss-reactive ketones (excluding diaryl/α,β-unsaturated/α-hetero) is 3. The van der Waals surface area contributed by atoms with Gasteiger partial charge in [0.15, 0.2) is 17.3 Å². The third-order valence-electron chi connectivity index (χ3n) is 3.76. The van der Waals surface area contributed by atoms with Crippen LogP contribution in [-0.2, 0) is 4.79 Å². The Bertz CT molecular complexity index is 865. The molecule has 1 aromatic heterocycles. The predicted molar refractivity (Wildman–Crippen MR) is 86.3 cm³/mol. The lowest BCUT2D eigenvalue weighted by molar-refractivity contribution is -0.114. The summed E-state index contributed by atoms with van der Waals surface area (Å²) in [6.07, 6.45) is 0. The number of thiophene rings is 1. The largest absolute Gasteiger partial charge is 0.326 e. The molecule has 0 saturated heterocycles. The zero-order valence-corrected chi connectivity index (χ0v) is 13.3. The van der Waals surface area contributed by atoms with Crippen LogP contribution in [0.2, 0.25) is 0 Å². The van der Waals surface area contributed by atoms with Crippen molar-refractivity contribution in [3.63, 3.8) is 0 Å². The van der Waals surface area contributed by atoms with E-state index in [0.29, 0.717) is 4.88 Å². The van der Waals surface area contributed by atoms with Crippen LogP contribution < -0.4 is 5.32 Å². The van der Waals surface area contributed by atoms with Crippen molar-refractivity contribution in [3.8, 4) is 0 Å². The maximum atomic E-state index is 12.7. The van der Waals surface area contributed by atoms with Gasteiger partial charge in [0.2, 0.25) is 5.91 Å². The van der Waals surface area contributed by atoms with Gasteiger partial charge >= 0.3 is 0 Å². The van der Waals surface area contributed by atoms with Crippen molar-refractivity contribution in [1.29, 1.82) is 0 Å². The average Bonchev–Trinajstić information content (AvgIpc) is 3.01. The zero-order chi connectivity index (χ0) is 16.7. The van der Waals surface area contributed by atoms with Crippen LogP contribution in [0, 0.1) is 12.8 Å². The van der Waals surface area contributed by atoms with Gasteiger partial charge in [-0.05, 0) is 30.0 Å². The minimum Gasteiger partial charge on any atom is -0.326 e. The second-order valence-corrected chi connectivity index (χ2v) is 6.28. The third-order valence-corrected chi connectivity index (χ3v) is 4.79. The van der Waals surface area contributed by atoms with E-state index in [1.807, 2.05) is 0 Å². The normalized spacial score (nSPS) is 16.3. The number of rotatable bonds is 3. The van der Waals surface area contributed by atoms with Crippen LogP contribution in [0.15, 0.2) is 29.6 Å². The lowest BCUT2D eigenvalue weighted by Gasteiger charge is -2.07. The molecule has 0 radical (unpaired) electrons. The van der Waals surface area contributed by atoms with Crippen LogP contribution in [0.25, 0.3) is 0 Å². The second kappa shape index (κ2) is 5.55. The highest BCUT2D eigenvalue weighted by molar-refractivity contribution is 7.12. The number of ketones is 3. The first-order chi connectivity index (χ1) is 10.9. The van der Waals surface area contributed by atoms with Gasteiger partial charge in [0, 0.05) is 12.5 Å². The summed E-state index contributed by atoms with van der Waals surface area (Å²) in [7, 11) is 0. The molecular weight excluding hydrogens is 314 g/mol. The molecule has 1 amide bonds. The molecule has 23 heavy (non-hydrogen) atoms. The van der Waals surface area contributed by atoms with Gasteiger partial charge in [-0.25, -0.2) is 0 Å². The van der Waals surface area contributed by atoms with E-state index < -0.39 is 23.3 Å². The Balaban J connectivity index is 2.06. The molecule has 0 spiro atoms. The van der Waals surface area contributed by atoms with Gasteiger partial charge < -0.3 is 5.32 Å². The SMILES string of the molecule is CC(=O)Nc1cccc2c1C(=O)C(C(=O)c1sccc1C)C2=O. The number of carbonyl (C=O) groups excluding carboxylic acids is 4. The predicted octanol–water partition coefficient (Wildman–Crippen LogP) is 2.89. The number of hydrogen-bond acceptors (Lipinski definition) is 5. The lowest BCUT2D eigenvalue weighted by atomic mass is 9.96. The summed E-state index contributed by atoms with van der Waals surface area (Å²) in [5.74, 6) is -3.22. The van der Waals surface area contributed by atoms with E-state index >= 15 is 0 Å². The summed E-state index contributed by atoms with van der Waals surface area (Å²) in [5, 5.41) is 4.29. The number of amides is 1. The summed E-state index contributed by atoms with van der Waals surface area (Å²) in [4.78, 5) is 49.5. The minimum absolute atomic E-state index is 0.125. The highest BCUT2D eigenvalue weighted by Crippen LogP contribution is 2.35. The summed E-state index contributed by atoms with van der Waals surface area (Å²) in [5.41, 5.74) is 1.33. The zero-order valence-electron chi connectivity index (χ0n) is 12.5. The number of fused-ring (bicyclic) bond motifs is 1. The molecular formula is C17H13NO4S. The smallest absolute Gasteiger partial charge is 0.221 e. The monoisotopic (exact) mass is 327 g/mol. The molecule has 1 aliphatic carbocycles. The molecule has 1 aliphatic rings. The molecule has 6 heteroatoms. The Kier molecular flexibility index (Phi) is 3.69. The number of aryl methyl sites for hydroxylation is 1. The van der Waals surface area contributed by atoms with Gasteiger partial charge in [-0.15, -0.1) is 11.3 Å². The molecule has 1 heterocycles. The van der Waals surface area contributed by atoms with Crippen LogP contribution in [0.1, 0.15) is 42.9 Å². The standard InChI is InChI=1S/C17H13NO4S/c1-8-6-7-23-17(8)16(22)13-14(20)10-4-3-5-11(18-9(2)19)12(10)15(13)21/h3-7,13H,1-2H3,(H,18,19). The Morgan fingerprint density at radius 1 is 1.13 bits per heavy atom. The first kappa shape index (κ1) is 15.3. The van der Waals surface area contributed by atoms with Crippen molar-refractivity contribution in [2.24, 2.45) is 5.92 Å². The van der Waals surface area contributed by atoms with Crippen LogP contribution in [-0.4, -0.2) is 23.3 Å². The molecule has 0 aliphatic heterocycles. The molecule has 2 aromatic rings. The van der Waals surface area contributed by atoms with E-state index in [1.54, 1.807) is 30.5 Å². The third kappa shape index (κ3) is 2.41. The van der Waals surface area contributed by atoms with Crippen LogP contribution in [0.5, 0.6) is 0 Å². The van der Waals surface area contributed by atoms with Crippen molar-refractivity contribution < 1.29 is 19.2 Å². The number of anilines is 1. The van der Waals surface area contributed by atoms with Gasteiger partial charge in [0.05, 0.1) is 16.1 Å². The first-order valence-electron chi connectivity index (χ1n) is 6.99. The lowest BCUT2D eigenvalue weighted by Crippen LogP contribution is -2.25.